The van der Waals surface area contributed by atoms with Crippen LogP contribution in [0.15, 0.2) is 126 Å². The zero-order chi connectivity index (χ0) is 37.9. The van der Waals surface area contributed by atoms with Crippen molar-refractivity contribution >= 4 is 40.9 Å². The van der Waals surface area contributed by atoms with Gasteiger partial charge in [0.25, 0.3) is 0 Å². The van der Waals surface area contributed by atoms with E-state index >= 15 is 0 Å². The van der Waals surface area contributed by atoms with Gasteiger partial charge in [-0.3, -0.25) is 9.59 Å². The predicted molar refractivity (Wildman–Crippen MR) is 210 cm³/mol. The molecule has 1 fully saturated rings. The van der Waals surface area contributed by atoms with Gasteiger partial charge in [-0.2, -0.15) is 0 Å². The monoisotopic (exact) mass is 745 g/mol. The zero-order valence-corrected chi connectivity index (χ0v) is 30.5. The van der Waals surface area contributed by atoms with E-state index in [0.29, 0.717) is 36.5 Å². The van der Waals surface area contributed by atoms with E-state index in [1.54, 1.807) is 48.2 Å². The van der Waals surface area contributed by atoms with Crippen molar-refractivity contribution < 1.29 is 34.1 Å². The van der Waals surface area contributed by atoms with Gasteiger partial charge in [-0.05, 0) is 82.8 Å². The highest BCUT2D eigenvalue weighted by atomic mass is 32.2. The molecule has 1 aliphatic heterocycles. The number of rotatable bonds is 15. The van der Waals surface area contributed by atoms with Crippen molar-refractivity contribution in [3.05, 3.63) is 149 Å². The third-order valence-corrected chi connectivity index (χ3v) is 10.2. The maximum Gasteiger partial charge on any atom is 0.335 e. The van der Waals surface area contributed by atoms with Gasteiger partial charge >= 0.3 is 5.97 Å². The summed E-state index contributed by atoms with van der Waals surface area (Å²) in [5.74, 6) is -0.641. The Morgan fingerprint density at radius 1 is 0.759 bits per heavy atom. The van der Waals surface area contributed by atoms with Crippen LogP contribution in [-0.2, 0) is 32.2 Å². The number of aromatic carboxylic acids is 1. The Morgan fingerprint density at radius 2 is 1.48 bits per heavy atom. The minimum atomic E-state index is -0.959. The highest BCUT2D eigenvalue weighted by molar-refractivity contribution is 7.99. The Bertz CT molecular complexity index is 2060. The van der Waals surface area contributed by atoms with E-state index in [1.807, 2.05) is 78.9 Å². The smallest absolute Gasteiger partial charge is 0.335 e. The first-order valence-electron chi connectivity index (χ1n) is 17.8. The Morgan fingerprint density at radius 3 is 2.22 bits per heavy atom. The quantitative estimate of drug-likeness (QED) is 0.0531. The molecule has 3 unspecified atom stereocenters. The molecular weight excluding hydrogens is 703 g/mol. The minimum Gasteiger partial charge on any atom is -0.478 e. The average Bonchev–Trinajstić information content (AvgIpc) is 3.20. The van der Waals surface area contributed by atoms with Crippen LogP contribution >= 0.6 is 11.8 Å². The molecule has 2 amide bonds. The second-order valence-electron chi connectivity index (χ2n) is 13.1. The summed E-state index contributed by atoms with van der Waals surface area (Å²) in [5, 5.41) is 24.6. The fourth-order valence-corrected chi connectivity index (χ4v) is 7.07. The first-order valence-corrected chi connectivity index (χ1v) is 18.8. The van der Waals surface area contributed by atoms with Crippen molar-refractivity contribution in [2.75, 3.05) is 16.8 Å². The second-order valence-corrected chi connectivity index (χ2v) is 14.2. The number of nitrogens with two attached hydrogens (primary N) is 1. The van der Waals surface area contributed by atoms with E-state index in [4.69, 9.17) is 15.2 Å². The molecule has 0 saturated carbocycles. The number of carbonyl (C=O) groups excluding carboxylic acids is 2. The SMILES string of the molecule is Nc1ccccc1NC(=O)CCCC(=O)NCc1cccc(-c2cccc(C3OC(CSc4ccc(C(=O)O)cc4)CC(c4ccc(CO)cc4)O3)c2)c1. The number of thioether (sulfide) groups is 1. The van der Waals surface area contributed by atoms with Crippen LogP contribution < -0.4 is 16.4 Å². The molecule has 0 aromatic heterocycles. The van der Waals surface area contributed by atoms with Crippen molar-refractivity contribution in [2.45, 2.75) is 62.2 Å². The molecule has 1 saturated heterocycles. The van der Waals surface area contributed by atoms with Crippen LogP contribution in [-0.4, -0.2) is 39.9 Å². The lowest BCUT2D eigenvalue weighted by Gasteiger charge is -2.36. The van der Waals surface area contributed by atoms with E-state index in [2.05, 4.69) is 16.7 Å². The van der Waals surface area contributed by atoms with Gasteiger partial charge in [0.15, 0.2) is 6.29 Å². The zero-order valence-electron chi connectivity index (χ0n) is 29.7. The molecule has 0 spiro atoms. The number of aliphatic hydroxyl groups excluding tert-OH is 1. The molecular formula is C43H43N3O7S. The number of nitrogen functional groups attached to an aromatic ring is 1. The lowest BCUT2D eigenvalue weighted by molar-refractivity contribution is -0.245. The van der Waals surface area contributed by atoms with Crippen LogP contribution in [0.25, 0.3) is 11.1 Å². The fourth-order valence-electron chi connectivity index (χ4n) is 6.15. The number of nitrogens with one attached hydrogen (secondary N) is 2. The average molecular weight is 746 g/mol. The summed E-state index contributed by atoms with van der Waals surface area (Å²) >= 11 is 1.60. The molecule has 10 nitrogen and oxygen atoms in total. The number of hydrogen-bond donors (Lipinski definition) is 5. The summed E-state index contributed by atoms with van der Waals surface area (Å²) < 4.78 is 13.1. The molecule has 11 heteroatoms. The van der Waals surface area contributed by atoms with Crippen LogP contribution in [0.1, 0.15) is 70.7 Å². The molecule has 278 valence electrons. The van der Waals surface area contributed by atoms with Crippen molar-refractivity contribution in [1.29, 1.82) is 0 Å². The summed E-state index contributed by atoms with van der Waals surface area (Å²) in [6.45, 7) is 0.313. The summed E-state index contributed by atoms with van der Waals surface area (Å²) in [4.78, 5) is 37.2. The molecule has 5 aromatic rings. The van der Waals surface area contributed by atoms with E-state index in [-0.39, 0.29) is 49.0 Å². The van der Waals surface area contributed by atoms with Crippen LogP contribution in [0.4, 0.5) is 11.4 Å². The molecule has 54 heavy (non-hydrogen) atoms. The highest BCUT2D eigenvalue weighted by Crippen LogP contribution is 2.40. The third-order valence-electron chi connectivity index (χ3n) is 9.10. The molecule has 3 atom stereocenters. The number of benzene rings is 5. The summed E-state index contributed by atoms with van der Waals surface area (Å²) in [5.41, 5.74) is 12.8. The van der Waals surface area contributed by atoms with Gasteiger partial charge in [0.1, 0.15) is 0 Å². The number of aliphatic hydroxyl groups is 1. The van der Waals surface area contributed by atoms with Crippen molar-refractivity contribution in [2.24, 2.45) is 0 Å². The number of para-hydroxylation sites is 2. The number of hydrogen-bond acceptors (Lipinski definition) is 8. The lowest BCUT2D eigenvalue weighted by atomic mass is 9.99. The number of carboxylic acid groups (broad SMARTS) is 1. The second kappa shape index (κ2) is 18.5. The Labute approximate surface area is 318 Å². The number of amides is 2. The number of anilines is 2. The van der Waals surface area contributed by atoms with Crippen molar-refractivity contribution in [1.82, 2.24) is 5.32 Å². The summed E-state index contributed by atoms with van der Waals surface area (Å²) in [6, 6.07) is 37.7. The first kappa shape index (κ1) is 38.3. The van der Waals surface area contributed by atoms with E-state index in [1.165, 1.54) is 0 Å². The van der Waals surface area contributed by atoms with Gasteiger partial charge < -0.3 is 36.1 Å². The number of ether oxygens (including phenoxy) is 2. The topological polar surface area (TPSA) is 160 Å². The maximum absolute atomic E-state index is 12.6. The van der Waals surface area contributed by atoms with Gasteiger partial charge in [0, 0.05) is 42.0 Å². The lowest BCUT2D eigenvalue weighted by Crippen LogP contribution is -2.31. The molecule has 1 heterocycles. The first-order chi connectivity index (χ1) is 26.2. The Hall–Kier alpha value is -5.46. The molecule has 0 bridgehead atoms. The molecule has 6 N–H and O–H groups in total. The van der Waals surface area contributed by atoms with Crippen LogP contribution in [0.3, 0.4) is 0 Å². The van der Waals surface area contributed by atoms with Gasteiger partial charge in [0.05, 0.1) is 35.8 Å². The van der Waals surface area contributed by atoms with Crippen LogP contribution in [0, 0.1) is 0 Å². The summed E-state index contributed by atoms with van der Waals surface area (Å²) in [6.07, 6.45) is 0.419. The molecule has 0 radical (unpaired) electrons. The normalized spacial score (nSPS) is 16.7. The van der Waals surface area contributed by atoms with Gasteiger partial charge in [0.2, 0.25) is 11.8 Å². The Kier molecular flexibility index (Phi) is 13.1. The predicted octanol–water partition coefficient (Wildman–Crippen LogP) is 7.89. The van der Waals surface area contributed by atoms with Crippen LogP contribution in [0.2, 0.25) is 0 Å². The molecule has 0 aliphatic carbocycles. The standard InChI is InChI=1S/C43H43N3O7S/c44-37-10-1-2-11-38(37)46-41(49)13-5-12-40(48)45-25-29-6-3-7-32(22-29)33-8-4-9-34(23-33)43-52-35(27-54-36-20-18-31(19-21-36)42(50)51)24-39(53-43)30-16-14-28(26-47)15-17-30/h1-4,6-11,14-23,35,39,43,47H,5,12-13,24-27,44H2,(H,45,48)(H,46,49)(H,50,51). The minimum absolute atomic E-state index is 0.0377. The van der Waals surface area contributed by atoms with E-state index in [0.717, 1.165) is 38.3 Å². The number of carboxylic acids is 1. The van der Waals surface area contributed by atoms with Gasteiger partial charge in [-0.25, -0.2) is 4.79 Å². The van der Waals surface area contributed by atoms with Gasteiger partial charge in [-0.15, -0.1) is 11.8 Å². The largest absolute Gasteiger partial charge is 0.478 e. The Balaban J connectivity index is 1.08. The van der Waals surface area contributed by atoms with E-state index < -0.39 is 12.3 Å². The van der Waals surface area contributed by atoms with Gasteiger partial charge in [-0.1, -0.05) is 72.8 Å². The van der Waals surface area contributed by atoms with Crippen molar-refractivity contribution in [3.63, 3.8) is 0 Å². The van der Waals surface area contributed by atoms with Crippen molar-refractivity contribution in [3.8, 4) is 11.1 Å². The highest BCUT2D eigenvalue weighted by Gasteiger charge is 2.32. The number of carbonyl (C=O) groups is 3. The van der Waals surface area contributed by atoms with E-state index in [9.17, 15) is 24.6 Å². The fraction of sp³-hybridized carbons (Fsp3) is 0.233. The molecule has 6 rings (SSSR count). The molecule has 5 aromatic carbocycles. The molecule has 1 aliphatic rings. The maximum atomic E-state index is 12.6. The van der Waals surface area contributed by atoms with Crippen LogP contribution in [0.5, 0.6) is 0 Å². The summed E-state index contributed by atoms with van der Waals surface area (Å²) in [7, 11) is 0. The third kappa shape index (κ3) is 10.6.